The average molecular weight is 356 g/mol. The SMILES string of the molecule is C[C@H](Sc1ccccc1)C(=O)Nc1ccccc1C(=O)NC(C)(C)C. The Hall–Kier alpha value is -2.27. The minimum absolute atomic E-state index is 0.134. The first kappa shape index (κ1) is 19.1. The molecule has 0 spiro atoms. The smallest absolute Gasteiger partial charge is 0.253 e. The van der Waals surface area contributed by atoms with Gasteiger partial charge in [-0.1, -0.05) is 30.3 Å². The molecule has 2 aromatic rings. The number of amides is 2. The molecule has 0 saturated heterocycles. The number of thioether (sulfide) groups is 1. The maximum Gasteiger partial charge on any atom is 0.253 e. The fraction of sp³-hybridized carbons (Fsp3) is 0.300. The molecule has 2 amide bonds. The first-order valence-corrected chi connectivity index (χ1v) is 9.08. The van der Waals surface area contributed by atoms with Crippen LogP contribution in [0.25, 0.3) is 0 Å². The summed E-state index contributed by atoms with van der Waals surface area (Å²) in [6.07, 6.45) is 0. The second kappa shape index (κ2) is 8.21. The van der Waals surface area contributed by atoms with E-state index < -0.39 is 0 Å². The van der Waals surface area contributed by atoms with Gasteiger partial charge in [-0.25, -0.2) is 0 Å². The molecule has 132 valence electrons. The Morgan fingerprint density at radius 2 is 1.56 bits per heavy atom. The number of para-hydroxylation sites is 1. The summed E-state index contributed by atoms with van der Waals surface area (Å²) in [5.41, 5.74) is 0.641. The van der Waals surface area contributed by atoms with E-state index in [0.717, 1.165) is 4.90 Å². The normalized spacial score (nSPS) is 12.3. The summed E-state index contributed by atoms with van der Waals surface area (Å²) in [6, 6.07) is 16.8. The lowest BCUT2D eigenvalue weighted by molar-refractivity contribution is -0.115. The quantitative estimate of drug-likeness (QED) is 0.784. The Balaban J connectivity index is 2.09. The number of hydrogen-bond acceptors (Lipinski definition) is 3. The second-order valence-electron chi connectivity index (χ2n) is 6.81. The van der Waals surface area contributed by atoms with Crippen LogP contribution in [-0.4, -0.2) is 22.6 Å². The number of carbonyl (C=O) groups is 2. The van der Waals surface area contributed by atoms with Crippen molar-refractivity contribution in [2.24, 2.45) is 0 Å². The van der Waals surface area contributed by atoms with E-state index in [1.165, 1.54) is 11.8 Å². The van der Waals surface area contributed by atoms with Crippen molar-refractivity contribution in [3.63, 3.8) is 0 Å². The molecule has 0 aliphatic heterocycles. The zero-order valence-corrected chi connectivity index (χ0v) is 15.8. The van der Waals surface area contributed by atoms with Crippen molar-refractivity contribution in [2.45, 2.75) is 43.4 Å². The third kappa shape index (κ3) is 5.94. The molecule has 5 heteroatoms. The minimum Gasteiger partial charge on any atom is -0.347 e. The molecule has 0 fully saturated rings. The van der Waals surface area contributed by atoms with Crippen molar-refractivity contribution in [3.05, 3.63) is 60.2 Å². The lowest BCUT2D eigenvalue weighted by atomic mass is 10.1. The van der Waals surface area contributed by atoms with Crippen molar-refractivity contribution in [1.29, 1.82) is 0 Å². The van der Waals surface area contributed by atoms with Crippen LogP contribution in [0, 0.1) is 0 Å². The van der Waals surface area contributed by atoms with Crippen LogP contribution in [-0.2, 0) is 4.79 Å². The number of rotatable bonds is 5. The molecule has 25 heavy (non-hydrogen) atoms. The van der Waals surface area contributed by atoms with Crippen molar-refractivity contribution < 1.29 is 9.59 Å². The second-order valence-corrected chi connectivity index (χ2v) is 8.23. The molecule has 0 aromatic heterocycles. The van der Waals surface area contributed by atoms with Gasteiger partial charge in [0.2, 0.25) is 5.91 Å². The molecule has 0 aliphatic rings. The van der Waals surface area contributed by atoms with Crippen LogP contribution in [0.5, 0.6) is 0 Å². The summed E-state index contributed by atoms with van der Waals surface area (Å²) >= 11 is 1.48. The van der Waals surface area contributed by atoms with E-state index >= 15 is 0 Å². The van der Waals surface area contributed by atoms with Gasteiger partial charge < -0.3 is 10.6 Å². The molecule has 0 heterocycles. The monoisotopic (exact) mass is 356 g/mol. The van der Waals surface area contributed by atoms with Gasteiger partial charge in [0.15, 0.2) is 0 Å². The van der Waals surface area contributed by atoms with Crippen LogP contribution < -0.4 is 10.6 Å². The predicted molar refractivity (Wildman–Crippen MR) is 104 cm³/mol. The number of hydrogen-bond donors (Lipinski definition) is 2. The Bertz CT molecular complexity index is 739. The summed E-state index contributed by atoms with van der Waals surface area (Å²) in [6.45, 7) is 7.62. The number of carbonyl (C=O) groups excluding carboxylic acids is 2. The fourth-order valence-corrected chi connectivity index (χ4v) is 3.08. The van der Waals surface area contributed by atoms with Crippen molar-refractivity contribution >= 4 is 29.3 Å². The average Bonchev–Trinajstić information content (AvgIpc) is 2.54. The minimum atomic E-state index is -0.343. The van der Waals surface area contributed by atoms with Gasteiger partial charge in [0.05, 0.1) is 16.5 Å². The van der Waals surface area contributed by atoms with Crippen LogP contribution in [0.3, 0.4) is 0 Å². The molecule has 1 atom stereocenters. The highest BCUT2D eigenvalue weighted by Gasteiger charge is 2.20. The maximum absolute atomic E-state index is 12.5. The summed E-state index contributed by atoms with van der Waals surface area (Å²) in [5, 5.41) is 5.52. The first-order chi connectivity index (χ1) is 11.8. The summed E-state index contributed by atoms with van der Waals surface area (Å²) in [5.74, 6) is -0.336. The third-order valence-corrected chi connectivity index (χ3v) is 4.46. The van der Waals surface area contributed by atoms with Gasteiger partial charge in [-0.05, 0) is 52.0 Å². The van der Waals surface area contributed by atoms with Gasteiger partial charge >= 0.3 is 0 Å². The fourth-order valence-electron chi connectivity index (χ4n) is 2.19. The predicted octanol–water partition coefficient (Wildman–Crippen LogP) is 4.33. The molecule has 0 saturated carbocycles. The van der Waals surface area contributed by atoms with Gasteiger partial charge in [0.1, 0.15) is 0 Å². The van der Waals surface area contributed by atoms with Crippen molar-refractivity contribution in [3.8, 4) is 0 Å². The highest BCUT2D eigenvalue weighted by molar-refractivity contribution is 8.00. The van der Waals surface area contributed by atoms with Gasteiger partial charge in [0.25, 0.3) is 5.91 Å². The van der Waals surface area contributed by atoms with Crippen LogP contribution in [0.4, 0.5) is 5.69 Å². The molecule has 2 rings (SSSR count). The molecule has 0 bridgehead atoms. The largest absolute Gasteiger partial charge is 0.347 e. The third-order valence-electron chi connectivity index (χ3n) is 3.34. The highest BCUT2D eigenvalue weighted by Crippen LogP contribution is 2.24. The lowest BCUT2D eigenvalue weighted by Gasteiger charge is -2.22. The lowest BCUT2D eigenvalue weighted by Crippen LogP contribution is -2.41. The standard InChI is InChI=1S/C20H24N2O2S/c1-14(25-15-10-6-5-7-11-15)18(23)21-17-13-9-8-12-16(17)19(24)22-20(2,3)4/h5-14H,1-4H3,(H,21,23)(H,22,24)/t14-/m0/s1. The first-order valence-electron chi connectivity index (χ1n) is 8.20. The van der Waals surface area contributed by atoms with E-state index in [1.807, 2.05) is 58.0 Å². The number of anilines is 1. The highest BCUT2D eigenvalue weighted by atomic mass is 32.2. The van der Waals surface area contributed by atoms with Crippen LogP contribution >= 0.6 is 11.8 Å². The Labute approximate surface area is 153 Å². The van der Waals surface area contributed by atoms with E-state index in [-0.39, 0.29) is 22.6 Å². The molecular formula is C20H24N2O2S. The summed E-state index contributed by atoms with van der Waals surface area (Å²) in [7, 11) is 0. The molecule has 2 aromatic carbocycles. The molecule has 4 nitrogen and oxygen atoms in total. The Morgan fingerprint density at radius 1 is 0.960 bits per heavy atom. The van der Waals surface area contributed by atoms with E-state index in [2.05, 4.69) is 10.6 Å². The summed E-state index contributed by atoms with van der Waals surface area (Å²) in [4.78, 5) is 26.0. The van der Waals surface area contributed by atoms with Crippen LogP contribution in [0.1, 0.15) is 38.1 Å². The van der Waals surface area contributed by atoms with Crippen molar-refractivity contribution in [2.75, 3.05) is 5.32 Å². The van der Waals surface area contributed by atoms with E-state index in [0.29, 0.717) is 11.3 Å². The van der Waals surface area contributed by atoms with Gasteiger partial charge in [-0.15, -0.1) is 11.8 Å². The van der Waals surface area contributed by atoms with Gasteiger partial charge in [-0.3, -0.25) is 9.59 Å². The Kier molecular flexibility index (Phi) is 6.26. The molecule has 0 aliphatic carbocycles. The summed E-state index contributed by atoms with van der Waals surface area (Å²) < 4.78 is 0. The number of benzene rings is 2. The van der Waals surface area contributed by atoms with E-state index in [9.17, 15) is 9.59 Å². The maximum atomic E-state index is 12.5. The van der Waals surface area contributed by atoms with Gasteiger partial charge in [0, 0.05) is 10.4 Å². The molecule has 0 unspecified atom stereocenters. The zero-order chi connectivity index (χ0) is 18.4. The molecule has 2 N–H and O–H groups in total. The van der Waals surface area contributed by atoms with Gasteiger partial charge in [-0.2, -0.15) is 0 Å². The van der Waals surface area contributed by atoms with E-state index in [1.54, 1.807) is 24.3 Å². The Morgan fingerprint density at radius 3 is 2.20 bits per heavy atom. The van der Waals surface area contributed by atoms with Crippen molar-refractivity contribution in [1.82, 2.24) is 5.32 Å². The molecular weight excluding hydrogens is 332 g/mol. The molecule has 0 radical (unpaired) electrons. The van der Waals surface area contributed by atoms with Crippen LogP contribution in [0.15, 0.2) is 59.5 Å². The number of nitrogens with one attached hydrogen (secondary N) is 2. The van der Waals surface area contributed by atoms with Crippen LogP contribution in [0.2, 0.25) is 0 Å². The zero-order valence-electron chi connectivity index (χ0n) is 15.0. The van der Waals surface area contributed by atoms with E-state index in [4.69, 9.17) is 0 Å². The topological polar surface area (TPSA) is 58.2 Å².